The summed E-state index contributed by atoms with van der Waals surface area (Å²) in [4.78, 5) is 0.368. The van der Waals surface area contributed by atoms with E-state index >= 15 is 0 Å². The number of hydrogen-bond acceptors (Lipinski definition) is 4. The van der Waals surface area contributed by atoms with Crippen LogP contribution in [0.25, 0.3) is 0 Å². The quantitative estimate of drug-likeness (QED) is 0.749. The van der Waals surface area contributed by atoms with Gasteiger partial charge in [-0.15, -0.1) is 0 Å². The molecule has 0 bridgehead atoms. The summed E-state index contributed by atoms with van der Waals surface area (Å²) in [6.07, 6.45) is 2.88. The van der Waals surface area contributed by atoms with Gasteiger partial charge in [-0.3, -0.25) is 0 Å². The van der Waals surface area contributed by atoms with Gasteiger partial charge in [-0.25, -0.2) is 26.3 Å². The molecular weight excluding hydrogens is 396 g/mol. The highest BCUT2D eigenvalue weighted by molar-refractivity contribution is 7.90. The maximum absolute atomic E-state index is 12.7. The topological polar surface area (TPSA) is 92.3 Å². The summed E-state index contributed by atoms with van der Waals surface area (Å²) in [5, 5.41) is 0. The minimum absolute atomic E-state index is 0.184. The van der Waals surface area contributed by atoms with Crippen LogP contribution in [0.3, 0.4) is 0 Å². The molecule has 1 aliphatic rings. The largest absolute Gasteiger partial charge is 0.240 e. The number of nitrogens with one attached hydrogen (secondary N) is 2. The summed E-state index contributed by atoms with van der Waals surface area (Å²) in [7, 11) is -7.44. The highest BCUT2D eigenvalue weighted by Crippen LogP contribution is 2.23. The Bertz CT molecular complexity index is 929. The molecule has 2 N–H and O–H groups in total. The maximum Gasteiger partial charge on any atom is 0.240 e. The van der Waals surface area contributed by atoms with Crippen molar-refractivity contribution in [3.8, 4) is 0 Å². The van der Waals surface area contributed by atoms with Gasteiger partial charge in [0.25, 0.3) is 0 Å². The summed E-state index contributed by atoms with van der Waals surface area (Å²) < 4.78 is 56.4. The second kappa shape index (κ2) is 8.32. The monoisotopic (exact) mass is 422 g/mol. The van der Waals surface area contributed by atoms with Crippen molar-refractivity contribution in [3.05, 3.63) is 59.7 Å². The first-order chi connectivity index (χ1) is 13.2. The Kier molecular flexibility index (Phi) is 6.24. The number of rotatable bonds is 6. The van der Waals surface area contributed by atoms with Gasteiger partial charge in [-0.05, 0) is 51.0 Å². The van der Waals surface area contributed by atoms with Crippen molar-refractivity contribution in [1.29, 1.82) is 0 Å². The van der Waals surface area contributed by atoms with E-state index in [0.29, 0.717) is 12.8 Å². The lowest BCUT2D eigenvalue weighted by Crippen LogP contribution is -2.52. The Morgan fingerprint density at radius 2 is 0.964 bits per heavy atom. The van der Waals surface area contributed by atoms with Crippen molar-refractivity contribution in [1.82, 2.24) is 9.44 Å². The molecule has 3 rings (SSSR count). The molecule has 1 aliphatic carbocycles. The third kappa shape index (κ3) is 5.00. The van der Waals surface area contributed by atoms with E-state index in [4.69, 9.17) is 0 Å². The summed E-state index contributed by atoms with van der Waals surface area (Å²) >= 11 is 0. The number of hydrogen-bond donors (Lipinski definition) is 2. The van der Waals surface area contributed by atoms with Crippen molar-refractivity contribution in [2.45, 2.75) is 61.4 Å². The van der Waals surface area contributed by atoms with Gasteiger partial charge in [-0.2, -0.15) is 0 Å². The predicted molar refractivity (Wildman–Crippen MR) is 109 cm³/mol. The van der Waals surface area contributed by atoms with E-state index in [1.165, 1.54) is 0 Å². The first-order valence-electron chi connectivity index (χ1n) is 9.35. The van der Waals surface area contributed by atoms with Crippen molar-refractivity contribution in [2.75, 3.05) is 0 Å². The van der Waals surface area contributed by atoms with E-state index in [1.807, 2.05) is 13.8 Å². The lowest BCUT2D eigenvalue weighted by atomic mass is 9.92. The first kappa shape index (κ1) is 21.0. The number of benzene rings is 2. The van der Waals surface area contributed by atoms with Gasteiger partial charge in [0.15, 0.2) is 0 Å². The second-order valence-electron chi connectivity index (χ2n) is 7.37. The molecule has 1 fully saturated rings. The van der Waals surface area contributed by atoms with Crippen LogP contribution in [0.4, 0.5) is 0 Å². The van der Waals surface area contributed by atoms with E-state index in [0.717, 1.165) is 24.0 Å². The first-order valence-corrected chi connectivity index (χ1v) is 12.3. The number of sulfonamides is 2. The lowest BCUT2D eigenvalue weighted by molar-refractivity contribution is 0.340. The van der Waals surface area contributed by atoms with Crippen molar-refractivity contribution >= 4 is 20.0 Å². The standard InChI is InChI=1S/C20H26N2O4S2/c1-15-7-11-17(12-8-15)27(23,24)21-19-5-3-4-6-20(19)22-28(25,26)18-13-9-16(2)10-14-18/h7-14,19-22H,3-6H2,1-2H3/t19-,20+. The van der Waals surface area contributed by atoms with Gasteiger partial charge in [0.2, 0.25) is 20.0 Å². The Morgan fingerprint density at radius 1 is 0.643 bits per heavy atom. The van der Waals surface area contributed by atoms with E-state index in [-0.39, 0.29) is 9.79 Å². The molecule has 0 amide bonds. The maximum atomic E-state index is 12.7. The molecule has 2 atom stereocenters. The third-order valence-corrected chi connectivity index (χ3v) is 8.05. The van der Waals surface area contributed by atoms with Gasteiger partial charge >= 0.3 is 0 Å². The van der Waals surface area contributed by atoms with Crippen LogP contribution in [0.2, 0.25) is 0 Å². The fourth-order valence-electron chi connectivity index (χ4n) is 3.38. The highest BCUT2D eigenvalue weighted by atomic mass is 32.2. The zero-order valence-electron chi connectivity index (χ0n) is 16.1. The molecule has 2 aromatic carbocycles. The predicted octanol–water partition coefficient (Wildman–Crippen LogP) is 2.87. The summed E-state index contributed by atoms with van der Waals surface area (Å²) in [5.74, 6) is 0. The molecule has 2 aromatic rings. The Hall–Kier alpha value is -1.74. The van der Waals surface area contributed by atoms with Gasteiger partial charge < -0.3 is 0 Å². The summed E-state index contributed by atoms with van der Waals surface area (Å²) in [6, 6.07) is 12.2. The van der Waals surface area contributed by atoms with Crippen LogP contribution < -0.4 is 9.44 Å². The fraction of sp³-hybridized carbons (Fsp3) is 0.400. The van der Waals surface area contributed by atoms with Gasteiger partial charge in [0.1, 0.15) is 0 Å². The molecular formula is C20H26N2O4S2. The minimum atomic E-state index is -3.72. The lowest BCUT2D eigenvalue weighted by Gasteiger charge is -2.32. The van der Waals surface area contributed by atoms with Crippen molar-refractivity contribution < 1.29 is 16.8 Å². The van der Waals surface area contributed by atoms with Crippen LogP contribution in [0.5, 0.6) is 0 Å². The van der Waals surface area contributed by atoms with Crippen LogP contribution in [-0.4, -0.2) is 28.9 Å². The molecule has 0 aromatic heterocycles. The van der Waals surface area contributed by atoms with Crippen LogP contribution >= 0.6 is 0 Å². The molecule has 0 radical (unpaired) electrons. The second-order valence-corrected chi connectivity index (χ2v) is 10.8. The SMILES string of the molecule is Cc1ccc(S(=O)(=O)N[C@H]2CCCC[C@H]2NS(=O)(=O)c2ccc(C)cc2)cc1. The summed E-state index contributed by atoms with van der Waals surface area (Å²) in [5.41, 5.74) is 1.95. The van der Waals surface area contributed by atoms with Crippen LogP contribution in [0.1, 0.15) is 36.8 Å². The van der Waals surface area contributed by atoms with Crippen molar-refractivity contribution in [2.24, 2.45) is 0 Å². The summed E-state index contributed by atoms with van der Waals surface area (Å²) in [6.45, 7) is 3.78. The van der Waals surface area contributed by atoms with E-state index in [1.54, 1.807) is 48.5 Å². The molecule has 0 unspecified atom stereocenters. The molecule has 0 spiro atoms. The molecule has 28 heavy (non-hydrogen) atoms. The zero-order valence-corrected chi connectivity index (χ0v) is 17.7. The van der Waals surface area contributed by atoms with Crippen molar-refractivity contribution in [3.63, 3.8) is 0 Å². The van der Waals surface area contributed by atoms with Gasteiger partial charge in [-0.1, -0.05) is 48.2 Å². The van der Waals surface area contributed by atoms with Gasteiger partial charge in [0, 0.05) is 12.1 Å². The smallest absolute Gasteiger partial charge is 0.207 e. The third-order valence-electron chi connectivity index (χ3n) is 5.04. The fourth-order valence-corrected chi connectivity index (χ4v) is 6.00. The molecule has 6 nitrogen and oxygen atoms in total. The van der Waals surface area contributed by atoms with E-state index in [2.05, 4.69) is 9.44 Å². The number of aryl methyl sites for hydroxylation is 2. The molecule has 8 heteroatoms. The molecule has 152 valence electrons. The Morgan fingerprint density at radius 3 is 1.29 bits per heavy atom. The Labute approximate surface area is 167 Å². The van der Waals surface area contributed by atoms with E-state index in [9.17, 15) is 16.8 Å². The highest BCUT2D eigenvalue weighted by Gasteiger charge is 2.32. The van der Waals surface area contributed by atoms with E-state index < -0.39 is 32.1 Å². The molecule has 0 saturated heterocycles. The van der Waals surface area contributed by atoms with Crippen LogP contribution in [-0.2, 0) is 20.0 Å². The zero-order chi connectivity index (χ0) is 20.4. The minimum Gasteiger partial charge on any atom is -0.207 e. The normalized spacial score (nSPS) is 20.8. The Balaban J connectivity index is 1.78. The van der Waals surface area contributed by atoms with Crippen LogP contribution in [0, 0.1) is 13.8 Å². The average molecular weight is 423 g/mol. The van der Waals surface area contributed by atoms with Gasteiger partial charge in [0.05, 0.1) is 9.79 Å². The molecule has 0 heterocycles. The van der Waals surface area contributed by atoms with Crippen LogP contribution in [0.15, 0.2) is 58.3 Å². The molecule has 1 saturated carbocycles. The average Bonchev–Trinajstić information content (AvgIpc) is 2.64. The molecule has 0 aliphatic heterocycles.